The van der Waals surface area contributed by atoms with Crippen molar-refractivity contribution in [2.45, 2.75) is 0 Å². The highest BCUT2D eigenvalue weighted by Crippen LogP contribution is 2.50. The van der Waals surface area contributed by atoms with Crippen molar-refractivity contribution in [2.75, 3.05) is 0 Å². The van der Waals surface area contributed by atoms with Gasteiger partial charge >= 0.3 is 0 Å². The smallest absolute Gasteiger partial charge is 0.163 e. The number of nitriles is 1. The third-order valence-corrected chi connectivity index (χ3v) is 14.5. The molecule has 334 valence electrons. The van der Waals surface area contributed by atoms with Gasteiger partial charge in [-0.2, -0.15) is 5.26 Å². The van der Waals surface area contributed by atoms with Gasteiger partial charge in [-0.1, -0.05) is 182 Å². The van der Waals surface area contributed by atoms with Gasteiger partial charge in [-0.05, 0) is 48.5 Å². The lowest BCUT2D eigenvalue weighted by atomic mass is 9.99. The Morgan fingerprint density at radius 2 is 0.736 bits per heavy atom. The molecule has 0 spiro atoms. The van der Waals surface area contributed by atoms with Crippen molar-refractivity contribution in [3.05, 3.63) is 236 Å². The van der Waals surface area contributed by atoms with Crippen molar-refractivity contribution in [1.29, 1.82) is 5.26 Å². The van der Waals surface area contributed by atoms with Gasteiger partial charge in [0.15, 0.2) is 11.4 Å². The molecule has 72 heavy (non-hydrogen) atoms. The summed E-state index contributed by atoms with van der Waals surface area (Å²) in [6.07, 6.45) is 0. The minimum Gasteiger partial charge on any atom is -0.453 e. The second-order valence-corrected chi connectivity index (χ2v) is 18.3. The van der Waals surface area contributed by atoms with Crippen LogP contribution in [0.3, 0.4) is 0 Å². The fraction of sp³-hybridized carbons (Fsp3) is 0. The Labute approximate surface area is 411 Å². The fourth-order valence-corrected chi connectivity index (χ4v) is 11.5. The maximum absolute atomic E-state index is 12.3. The van der Waals surface area contributed by atoms with E-state index >= 15 is 0 Å². The number of fused-ring (bicyclic) bond motifs is 12. The molecule has 10 aromatic carbocycles. The zero-order valence-corrected chi connectivity index (χ0v) is 38.5. The molecular weight excluding hydrogens is 881 g/mol. The summed E-state index contributed by atoms with van der Waals surface area (Å²) < 4.78 is 14.6. The standard InChI is InChI=1S/C65H38N6O/c66-39-50-60(69-53-32-13-7-24-42(53)43-25-8-14-33-54(43)69)62(71-57-36-17-11-28-46(57)47-29-12-18-37-58(47)71)59-49-31-19-30-48(52-38-51(40-20-3-1-4-21-40)67-65(68-52)41-22-5-2-6-23-41)63(49)72-64(59)61(50)70-55-34-15-9-26-44(55)45-27-10-16-35-56(45)70/h1-38H. The minimum atomic E-state index is 0.470. The van der Waals surface area contributed by atoms with Crippen LogP contribution in [0.2, 0.25) is 0 Å². The number of para-hydroxylation sites is 7. The van der Waals surface area contributed by atoms with Gasteiger partial charge in [0.25, 0.3) is 0 Å². The first-order valence-electron chi connectivity index (χ1n) is 24.1. The molecule has 0 radical (unpaired) electrons. The SMILES string of the molecule is N#Cc1c(-n2c3ccccc3c3ccccc32)c(-n2c3ccccc3c3ccccc32)c2c(oc3c(-c4cc(-c5ccccc5)nc(-c5ccccc5)n4)cccc32)c1-n1c2ccccc2c2ccccc21. The second-order valence-electron chi connectivity index (χ2n) is 18.3. The van der Waals surface area contributed by atoms with E-state index in [0.29, 0.717) is 33.9 Å². The number of furan rings is 1. The predicted octanol–water partition coefficient (Wildman–Crippen LogP) is 16.5. The first-order valence-corrected chi connectivity index (χ1v) is 24.1. The zero-order chi connectivity index (χ0) is 47.4. The Bertz CT molecular complexity index is 4540. The van der Waals surface area contributed by atoms with E-state index in [1.165, 1.54) is 0 Å². The molecular formula is C65H38N6O. The lowest BCUT2D eigenvalue weighted by Gasteiger charge is -2.22. The van der Waals surface area contributed by atoms with Crippen molar-refractivity contribution in [3.63, 3.8) is 0 Å². The molecule has 15 aromatic rings. The van der Waals surface area contributed by atoms with Crippen molar-refractivity contribution >= 4 is 87.4 Å². The average Bonchev–Trinajstić information content (AvgIpc) is 4.20. The molecule has 7 nitrogen and oxygen atoms in total. The Hall–Kier alpha value is -10.0. The normalized spacial score (nSPS) is 11.9. The molecule has 0 aliphatic carbocycles. The van der Waals surface area contributed by atoms with E-state index in [2.05, 4.69) is 202 Å². The van der Waals surface area contributed by atoms with Gasteiger partial charge in [-0.15, -0.1) is 0 Å². The number of nitrogens with zero attached hydrogens (tertiary/aromatic N) is 6. The summed E-state index contributed by atoms with van der Waals surface area (Å²) in [5, 5.41) is 20.6. The van der Waals surface area contributed by atoms with Gasteiger partial charge in [0.1, 0.15) is 22.9 Å². The quantitative estimate of drug-likeness (QED) is 0.166. The summed E-state index contributed by atoms with van der Waals surface area (Å²) in [4.78, 5) is 10.5. The van der Waals surface area contributed by atoms with Crippen LogP contribution in [0.1, 0.15) is 5.56 Å². The van der Waals surface area contributed by atoms with Crippen LogP contribution in [0.5, 0.6) is 0 Å². The van der Waals surface area contributed by atoms with Gasteiger partial charge in [-0.25, -0.2) is 9.97 Å². The monoisotopic (exact) mass is 918 g/mol. The van der Waals surface area contributed by atoms with Gasteiger partial charge in [-0.3, -0.25) is 0 Å². The molecule has 15 rings (SSSR count). The molecule has 0 aliphatic rings. The molecule has 0 bridgehead atoms. The Balaban J connectivity index is 1.20. The zero-order valence-electron chi connectivity index (χ0n) is 38.5. The molecule has 0 fully saturated rings. The molecule has 0 atom stereocenters. The van der Waals surface area contributed by atoms with E-state index in [0.717, 1.165) is 110 Å². The van der Waals surface area contributed by atoms with Crippen LogP contribution < -0.4 is 0 Å². The molecule has 5 aromatic heterocycles. The summed E-state index contributed by atoms with van der Waals surface area (Å²) in [5.41, 5.74) is 14.1. The predicted molar refractivity (Wildman–Crippen MR) is 293 cm³/mol. The Kier molecular flexibility index (Phi) is 8.59. The van der Waals surface area contributed by atoms with Crippen LogP contribution in [0.4, 0.5) is 0 Å². The molecule has 7 heteroatoms. The average molecular weight is 919 g/mol. The summed E-state index contributed by atoms with van der Waals surface area (Å²) in [6, 6.07) is 82.9. The number of hydrogen-bond acceptors (Lipinski definition) is 4. The van der Waals surface area contributed by atoms with Crippen LogP contribution in [0.25, 0.3) is 138 Å². The van der Waals surface area contributed by atoms with Crippen molar-refractivity contribution in [2.24, 2.45) is 0 Å². The first-order chi connectivity index (χ1) is 35.7. The molecule has 0 aliphatic heterocycles. The van der Waals surface area contributed by atoms with Gasteiger partial charge < -0.3 is 18.1 Å². The first kappa shape index (κ1) is 39.9. The molecule has 5 heterocycles. The van der Waals surface area contributed by atoms with E-state index in [1.807, 2.05) is 48.5 Å². The summed E-state index contributed by atoms with van der Waals surface area (Å²) in [7, 11) is 0. The third kappa shape index (κ3) is 5.66. The fourth-order valence-electron chi connectivity index (χ4n) is 11.5. The van der Waals surface area contributed by atoms with E-state index in [4.69, 9.17) is 14.4 Å². The highest BCUT2D eigenvalue weighted by molar-refractivity contribution is 6.22. The van der Waals surface area contributed by atoms with Crippen LogP contribution >= 0.6 is 0 Å². The molecule has 0 unspecified atom stereocenters. The van der Waals surface area contributed by atoms with Crippen molar-refractivity contribution in [3.8, 4) is 57.0 Å². The molecule has 0 amide bonds. The maximum Gasteiger partial charge on any atom is 0.163 e. The summed E-state index contributed by atoms with van der Waals surface area (Å²) >= 11 is 0. The van der Waals surface area contributed by atoms with Gasteiger partial charge in [0, 0.05) is 54.4 Å². The maximum atomic E-state index is 12.3. The lowest BCUT2D eigenvalue weighted by molar-refractivity contribution is 0.666. The van der Waals surface area contributed by atoms with Crippen molar-refractivity contribution in [1.82, 2.24) is 23.7 Å². The van der Waals surface area contributed by atoms with E-state index in [1.54, 1.807) is 0 Å². The molecule has 0 N–H and O–H groups in total. The number of hydrogen-bond donors (Lipinski definition) is 0. The van der Waals surface area contributed by atoms with E-state index < -0.39 is 0 Å². The Morgan fingerprint density at radius 3 is 1.21 bits per heavy atom. The summed E-state index contributed by atoms with van der Waals surface area (Å²) in [6.45, 7) is 0. The lowest BCUT2D eigenvalue weighted by Crippen LogP contribution is -2.10. The highest BCUT2D eigenvalue weighted by Gasteiger charge is 2.33. The van der Waals surface area contributed by atoms with Crippen LogP contribution in [-0.2, 0) is 0 Å². The highest BCUT2D eigenvalue weighted by atomic mass is 16.3. The third-order valence-electron chi connectivity index (χ3n) is 14.5. The van der Waals surface area contributed by atoms with E-state index in [9.17, 15) is 5.26 Å². The number of aromatic nitrogens is 5. The topological polar surface area (TPSA) is 77.5 Å². The molecule has 0 saturated heterocycles. The number of rotatable bonds is 6. The summed E-state index contributed by atoms with van der Waals surface area (Å²) in [5.74, 6) is 0.609. The van der Waals surface area contributed by atoms with Crippen molar-refractivity contribution < 1.29 is 4.42 Å². The molecule has 0 saturated carbocycles. The van der Waals surface area contributed by atoms with Crippen LogP contribution in [-0.4, -0.2) is 23.7 Å². The Morgan fingerprint density at radius 1 is 0.347 bits per heavy atom. The van der Waals surface area contributed by atoms with Gasteiger partial charge in [0.2, 0.25) is 0 Å². The van der Waals surface area contributed by atoms with Crippen LogP contribution in [0, 0.1) is 11.3 Å². The second kappa shape index (κ2) is 15.5. The van der Waals surface area contributed by atoms with Crippen LogP contribution in [0.15, 0.2) is 235 Å². The largest absolute Gasteiger partial charge is 0.453 e. The minimum absolute atomic E-state index is 0.470. The van der Waals surface area contributed by atoms with Gasteiger partial charge in [0.05, 0.1) is 61.2 Å². The van der Waals surface area contributed by atoms with E-state index in [-0.39, 0.29) is 0 Å². The number of benzene rings is 10.